The van der Waals surface area contributed by atoms with E-state index >= 15 is 0 Å². The molecule has 1 heterocycles. The van der Waals surface area contributed by atoms with Gasteiger partial charge < -0.3 is 5.11 Å². The van der Waals surface area contributed by atoms with Crippen LogP contribution in [0.1, 0.15) is 22.2 Å². The Labute approximate surface area is 154 Å². The highest BCUT2D eigenvalue weighted by Crippen LogP contribution is 2.29. The van der Waals surface area contributed by atoms with Crippen LogP contribution in [0.2, 0.25) is 0 Å². The molecule has 1 amide bonds. The van der Waals surface area contributed by atoms with Crippen molar-refractivity contribution in [1.29, 1.82) is 0 Å². The maximum atomic E-state index is 11.1. The Morgan fingerprint density at radius 2 is 2.08 bits per heavy atom. The van der Waals surface area contributed by atoms with Crippen LogP contribution in [0.5, 0.6) is 0 Å². The summed E-state index contributed by atoms with van der Waals surface area (Å²) in [6.45, 7) is 1.96. The van der Waals surface area contributed by atoms with Crippen molar-refractivity contribution in [2.24, 2.45) is 4.99 Å². The fourth-order valence-corrected chi connectivity index (χ4v) is 3.84. The molecular weight excluding hydrogens is 356 g/mol. The number of carboxylic acids is 1. The van der Waals surface area contributed by atoms with E-state index in [2.05, 4.69) is 4.99 Å². The molecule has 5 nitrogen and oxygen atoms in total. The van der Waals surface area contributed by atoms with Gasteiger partial charge in [0, 0.05) is 19.0 Å². The van der Waals surface area contributed by atoms with Gasteiger partial charge in [0.1, 0.15) is 0 Å². The molecule has 1 aromatic carbocycles. The number of hydrogen-bond donors (Lipinski definition) is 1. The molecule has 0 aliphatic rings. The van der Waals surface area contributed by atoms with Gasteiger partial charge in [-0.15, -0.1) is 11.3 Å². The normalized spacial score (nSPS) is 12.1. The molecular formula is C18H18N2O3S2. The van der Waals surface area contributed by atoms with E-state index in [1.807, 2.05) is 30.5 Å². The van der Waals surface area contributed by atoms with E-state index in [-0.39, 0.29) is 5.56 Å². The van der Waals surface area contributed by atoms with E-state index < -0.39 is 5.97 Å². The summed E-state index contributed by atoms with van der Waals surface area (Å²) in [7, 11) is 3.31. The number of thiophene rings is 1. The quantitative estimate of drug-likeness (QED) is 0.482. The average molecular weight is 374 g/mol. The fourth-order valence-electron chi connectivity index (χ4n) is 2.11. The summed E-state index contributed by atoms with van der Waals surface area (Å²) < 4.78 is 0. The zero-order valence-corrected chi connectivity index (χ0v) is 15.7. The van der Waals surface area contributed by atoms with Crippen molar-refractivity contribution in [2.45, 2.75) is 6.92 Å². The third kappa shape index (κ3) is 5.04. The van der Waals surface area contributed by atoms with Gasteiger partial charge in [-0.2, -0.15) is 0 Å². The van der Waals surface area contributed by atoms with Gasteiger partial charge >= 0.3 is 5.97 Å². The predicted molar refractivity (Wildman–Crippen MR) is 105 cm³/mol. The Hall–Kier alpha value is -2.38. The van der Waals surface area contributed by atoms with Crippen molar-refractivity contribution >= 4 is 46.7 Å². The van der Waals surface area contributed by atoms with E-state index in [4.69, 9.17) is 5.11 Å². The summed E-state index contributed by atoms with van der Waals surface area (Å²) in [6, 6.07) is 8.90. The van der Waals surface area contributed by atoms with Gasteiger partial charge in [0.15, 0.2) is 5.17 Å². The molecule has 0 aliphatic carbocycles. The lowest BCUT2D eigenvalue weighted by atomic mass is 10.1. The number of aromatic carboxylic acids is 1. The van der Waals surface area contributed by atoms with Gasteiger partial charge in [0.05, 0.1) is 5.56 Å². The van der Waals surface area contributed by atoms with Crippen molar-refractivity contribution in [1.82, 2.24) is 4.90 Å². The van der Waals surface area contributed by atoms with Crippen LogP contribution in [0, 0.1) is 0 Å². The highest BCUT2D eigenvalue weighted by atomic mass is 32.2. The molecule has 1 N–H and O–H groups in total. The molecule has 0 atom stereocenters. The Morgan fingerprint density at radius 3 is 2.72 bits per heavy atom. The maximum absolute atomic E-state index is 11.1. The molecule has 0 radical (unpaired) electrons. The number of carbonyl (C=O) groups is 2. The number of rotatable bonds is 5. The van der Waals surface area contributed by atoms with Gasteiger partial charge in [0.2, 0.25) is 6.41 Å². The molecule has 0 saturated carbocycles. The first-order valence-electron chi connectivity index (χ1n) is 7.38. The number of carboxylic acid groups (broad SMARTS) is 1. The van der Waals surface area contributed by atoms with Crippen molar-refractivity contribution in [3.05, 3.63) is 51.1 Å². The van der Waals surface area contributed by atoms with Crippen molar-refractivity contribution in [3.63, 3.8) is 0 Å². The number of nitrogens with zero attached hydrogens (tertiary/aromatic N) is 2. The van der Waals surface area contributed by atoms with Gasteiger partial charge in [0.25, 0.3) is 0 Å². The average Bonchev–Trinajstić information content (AvgIpc) is 3.07. The second kappa shape index (κ2) is 8.64. The third-order valence-electron chi connectivity index (χ3n) is 3.31. The minimum atomic E-state index is -0.935. The number of benzene rings is 1. The van der Waals surface area contributed by atoms with Crippen LogP contribution in [-0.4, -0.2) is 41.6 Å². The molecule has 0 bridgehead atoms. The van der Waals surface area contributed by atoms with Gasteiger partial charge in [-0.25, -0.2) is 4.79 Å². The number of amidine groups is 1. The number of thioether (sulfide) groups is 1. The Kier molecular flexibility index (Phi) is 6.55. The molecule has 0 saturated heterocycles. The van der Waals surface area contributed by atoms with Crippen LogP contribution in [-0.2, 0) is 4.79 Å². The number of allylic oxidation sites excluding steroid dienone is 1. The number of aliphatic imine (C=N–C) groups is 1. The highest BCUT2D eigenvalue weighted by Gasteiger charge is 2.09. The molecule has 0 unspecified atom stereocenters. The van der Waals surface area contributed by atoms with E-state index in [9.17, 15) is 9.59 Å². The predicted octanol–water partition coefficient (Wildman–Crippen LogP) is 4.28. The monoisotopic (exact) mass is 374 g/mol. The zero-order chi connectivity index (χ0) is 18.4. The summed E-state index contributed by atoms with van der Waals surface area (Å²) >= 11 is 2.99. The maximum Gasteiger partial charge on any atom is 0.335 e. The van der Waals surface area contributed by atoms with Gasteiger partial charge in [-0.05, 0) is 52.6 Å². The largest absolute Gasteiger partial charge is 0.478 e. The van der Waals surface area contributed by atoms with Crippen molar-refractivity contribution in [3.8, 4) is 11.1 Å². The van der Waals surface area contributed by atoms with Crippen molar-refractivity contribution in [2.75, 3.05) is 14.1 Å². The molecule has 2 aromatic rings. The molecule has 1 aromatic heterocycles. The highest BCUT2D eigenvalue weighted by molar-refractivity contribution is 8.17. The third-order valence-corrected chi connectivity index (χ3v) is 5.28. The number of hydrogen-bond acceptors (Lipinski definition) is 5. The second-order valence-corrected chi connectivity index (χ2v) is 7.36. The van der Waals surface area contributed by atoms with E-state index in [0.717, 1.165) is 27.3 Å². The Balaban J connectivity index is 2.19. The molecule has 2 rings (SSSR count). The molecule has 130 valence electrons. The lowest BCUT2D eigenvalue weighted by molar-refractivity contribution is -0.113. The van der Waals surface area contributed by atoms with Crippen molar-refractivity contribution < 1.29 is 14.7 Å². The smallest absolute Gasteiger partial charge is 0.335 e. The van der Waals surface area contributed by atoms with Crippen LogP contribution in [0.25, 0.3) is 17.2 Å². The van der Waals surface area contributed by atoms with E-state index in [1.165, 1.54) is 16.7 Å². The number of carbonyl (C=O) groups excluding carboxylic acids is 1. The molecule has 0 fully saturated rings. The Bertz CT molecular complexity index is 840. The Morgan fingerprint density at radius 1 is 1.32 bits per heavy atom. The first-order valence-corrected chi connectivity index (χ1v) is 9.07. The summed E-state index contributed by atoms with van der Waals surface area (Å²) in [6.07, 6.45) is 2.74. The van der Waals surface area contributed by atoms with E-state index in [0.29, 0.717) is 5.17 Å². The van der Waals surface area contributed by atoms with Crippen LogP contribution in [0.4, 0.5) is 0 Å². The molecule has 0 spiro atoms. The summed E-state index contributed by atoms with van der Waals surface area (Å²) in [5.74, 6) is -0.935. The number of amides is 1. The first-order chi connectivity index (χ1) is 11.9. The molecule has 7 heteroatoms. The molecule has 25 heavy (non-hydrogen) atoms. The van der Waals surface area contributed by atoms with Crippen LogP contribution in [0.15, 0.2) is 45.6 Å². The summed E-state index contributed by atoms with van der Waals surface area (Å²) in [4.78, 5) is 29.5. The minimum Gasteiger partial charge on any atom is -0.478 e. The lowest BCUT2D eigenvalue weighted by Crippen LogP contribution is -2.21. The topological polar surface area (TPSA) is 70.0 Å². The van der Waals surface area contributed by atoms with Gasteiger partial charge in [-0.3, -0.25) is 14.7 Å². The summed E-state index contributed by atoms with van der Waals surface area (Å²) in [5.41, 5.74) is 2.12. The first kappa shape index (κ1) is 19.0. The zero-order valence-electron chi connectivity index (χ0n) is 14.1. The fraction of sp³-hybridized carbons (Fsp3) is 0.167. The standard InChI is InChI=1S/C18H18N2O3S2/c1-12(25-18(19-2)20(3)11-21)7-16-9-15(10-24-16)13-5-4-6-14(8-13)17(22)23/h4-11H,1-3H3,(H,22,23)/b12-7-,19-18?. The minimum absolute atomic E-state index is 0.272. The van der Waals surface area contributed by atoms with Crippen LogP contribution in [0.3, 0.4) is 0 Å². The van der Waals surface area contributed by atoms with E-state index in [1.54, 1.807) is 43.6 Å². The van der Waals surface area contributed by atoms with Crippen LogP contribution < -0.4 is 0 Å². The molecule has 0 aliphatic heterocycles. The lowest BCUT2D eigenvalue weighted by Gasteiger charge is -2.12. The summed E-state index contributed by atoms with van der Waals surface area (Å²) in [5, 5.41) is 11.7. The second-order valence-electron chi connectivity index (χ2n) is 5.20. The van der Waals surface area contributed by atoms with Crippen LogP contribution >= 0.6 is 23.1 Å². The van der Waals surface area contributed by atoms with Gasteiger partial charge in [-0.1, -0.05) is 23.9 Å². The SMILES string of the molecule is CN=C(S/C(C)=C\c1cc(-c2cccc(C(=O)O)c2)cs1)N(C)C=O.